The van der Waals surface area contributed by atoms with Crippen molar-refractivity contribution in [1.29, 1.82) is 0 Å². The lowest BCUT2D eigenvalue weighted by Gasteiger charge is -2.15. The third kappa shape index (κ3) is 4.48. The molecular formula is C13H19N3O2S. The van der Waals surface area contributed by atoms with E-state index >= 15 is 0 Å². The summed E-state index contributed by atoms with van der Waals surface area (Å²) in [5.41, 5.74) is 8.46. The van der Waals surface area contributed by atoms with E-state index in [1.54, 1.807) is 7.05 Å². The van der Waals surface area contributed by atoms with Crippen molar-refractivity contribution in [2.45, 2.75) is 20.4 Å². The molecule has 0 unspecified atom stereocenters. The number of thioether (sulfide) groups is 1. The molecule has 6 heteroatoms. The molecule has 0 aliphatic rings. The molecule has 0 fully saturated rings. The Hall–Kier alpha value is -1.69. The van der Waals surface area contributed by atoms with Crippen molar-refractivity contribution in [2.24, 2.45) is 10.7 Å². The minimum atomic E-state index is -0.950. The number of carbonyl (C=O) groups is 1. The summed E-state index contributed by atoms with van der Waals surface area (Å²) < 4.78 is 0. The van der Waals surface area contributed by atoms with Crippen LogP contribution in [0.3, 0.4) is 0 Å². The zero-order valence-electron chi connectivity index (χ0n) is 11.4. The van der Waals surface area contributed by atoms with Crippen LogP contribution < -0.4 is 5.73 Å². The Morgan fingerprint density at radius 3 is 2.79 bits per heavy atom. The van der Waals surface area contributed by atoms with Crippen LogP contribution in [-0.4, -0.2) is 34.1 Å². The second kappa shape index (κ2) is 7.04. The molecule has 0 bridgehead atoms. The lowest BCUT2D eigenvalue weighted by Crippen LogP contribution is -2.24. The minimum absolute atomic E-state index is 0.339. The van der Waals surface area contributed by atoms with Crippen molar-refractivity contribution < 1.29 is 9.90 Å². The highest BCUT2D eigenvalue weighted by atomic mass is 32.2. The third-order valence-electron chi connectivity index (χ3n) is 2.67. The predicted molar refractivity (Wildman–Crippen MR) is 80.1 cm³/mol. The van der Waals surface area contributed by atoms with Crippen molar-refractivity contribution in [3.05, 3.63) is 29.3 Å². The highest BCUT2D eigenvalue weighted by Gasteiger charge is 2.10. The first kappa shape index (κ1) is 15.4. The van der Waals surface area contributed by atoms with Crippen molar-refractivity contribution in [2.75, 3.05) is 12.8 Å². The number of nitrogens with zero attached hydrogens (tertiary/aromatic N) is 2. The van der Waals surface area contributed by atoms with E-state index in [0.29, 0.717) is 11.7 Å². The van der Waals surface area contributed by atoms with Gasteiger partial charge in [0.1, 0.15) is 0 Å². The van der Waals surface area contributed by atoms with Crippen molar-refractivity contribution in [1.82, 2.24) is 4.90 Å². The Balaban J connectivity index is 2.98. The number of hydrogen-bond donors (Lipinski definition) is 2. The van der Waals surface area contributed by atoms with Gasteiger partial charge in [0.25, 0.3) is 0 Å². The predicted octanol–water partition coefficient (Wildman–Crippen LogP) is 2.80. The van der Waals surface area contributed by atoms with Gasteiger partial charge in [-0.3, -0.25) is 0 Å². The Labute approximate surface area is 117 Å². The van der Waals surface area contributed by atoms with E-state index in [2.05, 4.69) is 4.99 Å². The number of nitrogens with two attached hydrogens (primary N) is 1. The number of amidine groups is 1. The van der Waals surface area contributed by atoms with Crippen LogP contribution in [0.25, 0.3) is 0 Å². The van der Waals surface area contributed by atoms with Gasteiger partial charge >= 0.3 is 6.09 Å². The van der Waals surface area contributed by atoms with Crippen LogP contribution in [0.5, 0.6) is 0 Å². The molecule has 0 aliphatic carbocycles. The molecule has 1 rings (SSSR count). The van der Waals surface area contributed by atoms with Crippen LogP contribution in [-0.2, 0) is 6.54 Å². The highest BCUT2D eigenvalue weighted by Crippen LogP contribution is 2.23. The van der Waals surface area contributed by atoms with Crippen molar-refractivity contribution >= 4 is 28.7 Å². The van der Waals surface area contributed by atoms with Gasteiger partial charge in [0.15, 0.2) is 5.17 Å². The van der Waals surface area contributed by atoms with Gasteiger partial charge < -0.3 is 15.7 Å². The van der Waals surface area contributed by atoms with Gasteiger partial charge in [-0.05, 0) is 29.9 Å². The van der Waals surface area contributed by atoms with Gasteiger partial charge in [0.2, 0.25) is 0 Å². The maximum atomic E-state index is 10.8. The van der Waals surface area contributed by atoms with E-state index in [-0.39, 0.29) is 0 Å². The Morgan fingerprint density at radius 2 is 2.21 bits per heavy atom. The first-order valence-corrected chi connectivity index (χ1v) is 6.93. The van der Waals surface area contributed by atoms with E-state index in [9.17, 15) is 4.79 Å². The van der Waals surface area contributed by atoms with Crippen LogP contribution in [0.2, 0.25) is 0 Å². The second-order valence-corrected chi connectivity index (χ2v) is 5.37. The number of benzene rings is 1. The Bertz CT molecular complexity index is 489. The van der Waals surface area contributed by atoms with Gasteiger partial charge in [-0.2, -0.15) is 0 Å². The Morgan fingerprint density at radius 1 is 1.53 bits per heavy atom. The third-order valence-corrected chi connectivity index (χ3v) is 3.35. The molecule has 5 nitrogen and oxygen atoms in total. The first-order valence-electron chi connectivity index (χ1n) is 5.95. The van der Waals surface area contributed by atoms with Crippen LogP contribution in [0, 0.1) is 6.92 Å². The molecule has 0 saturated heterocycles. The molecule has 0 spiro atoms. The van der Waals surface area contributed by atoms with E-state index < -0.39 is 6.09 Å². The largest absolute Gasteiger partial charge is 0.465 e. The zero-order chi connectivity index (χ0) is 14.4. The molecule has 0 saturated carbocycles. The zero-order valence-corrected chi connectivity index (χ0v) is 12.2. The maximum absolute atomic E-state index is 10.8. The fourth-order valence-corrected chi connectivity index (χ4v) is 2.04. The number of rotatable bonds is 4. The SMILES string of the molecule is CCSC(N)=Nc1cccc(CN(C)C(=O)O)c1C. The number of amides is 1. The average molecular weight is 281 g/mol. The maximum Gasteiger partial charge on any atom is 0.407 e. The topological polar surface area (TPSA) is 78.9 Å². The molecule has 1 aromatic rings. The molecule has 19 heavy (non-hydrogen) atoms. The van der Waals surface area contributed by atoms with Crippen LogP contribution in [0.4, 0.5) is 10.5 Å². The van der Waals surface area contributed by atoms with Gasteiger partial charge in [-0.1, -0.05) is 30.8 Å². The Kier molecular flexibility index (Phi) is 5.69. The second-order valence-electron chi connectivity index (χ2n) is 4.08. The summed E-state index contributed by atoms with van der Waals surface area (Å²) >= 11 is 1.48. The number of aliphatic imine (C=N–C) groups is 1. The summed E-state index contributed by atoms with van der Waals surface area (Å²) in [6, 6.07) is 5.64. The number of carboxylic acid groups (broad SMARTS) is 1. The summed E-state index contributed by atoms with van der Waals surface area (Å²) in [7, 11) is 1.54. The molecule has 3 N–H and O–H groups in total. The molecule has 1 amide bonds. The van der Waals surface area contributed by atoms with Crippen molar-refractivity contribution in [3.63, 3.8) is 0 Å². The summed E-state index contributed by atoms with van der Waals surface area (Å²) in [5.74, 6) is 0.871. The highest BCUT2D eigenvalue weighted by molar-refractivity contribution is 8.13. The summed E-state index contributed by atoms with van der Waals surface area (Å²) in [4.78, 5) is 16.4. The molecule has 0 atom stereocenters. The molecule has 0 aliphatic heterocycles. The monoisotopic (exact) mass is 281 g/mol. The van der Waals surface area contributed by atoms with Gasteiger partial charge in [0, 0.05) is 13.6 Å². The average Bonchev–Trinajstić information content (AvgIpc) is 2.34. The molecular weight excluding hydrogens is 262 g/mol. The van der Waals surface area contributed by atoms with E-state index in [1.165, 1.54) is 16.7 Å². The lowest BCUT2D eigenvalue weighted by molar-refractivity contribution is 0.153. The minimum Gasteiger partial charge on any atom is -0.465 e. The van der Waals surface area contributed by atoms with E-state index in [1.807, 2.05) is 32.0 Å². The van der Waals surface area contributed by atoms with E-state index in [0.717, 1.165) is 22.6 Å². The van der Waals surface area contributed by atoms with Crippen LogP contribution in [0.1, 0.15) is 18.1 Å². The standard InChI is InChI=1S/C13H19N3O2S/c1-4-19-12(14)15-11-7-5-6-10(9(11)2)8-16(3)13(17)18/h5-7H,4,8H2,1-3H3,(H2,14,15)(H,17,18). The summed E-state index contributed by atoms with van der Waals surface area (Å²) in [6.07, 6.45) is -0.950. The molecule has 104 valence electrons. The molecule has 0 heterocycles. The number of hydrogen-bond acceptors (Lipinski definition) is 3. The lowest BCUT2D eigenvalue weighted by atomic mass is 10.1. The molecule has 1 aromatic carbocycles. The molecule has 0 radical (unpaired) electrons. The van der Waals surface area contributed by atoms with Crippen molar-refractivity contribution in [3.8, 4) is 0 Å². The quantitative estimate of drug-likeness (QED) is 0.657. The summed E-state index contributed by atoms with van der Waals surface area (Å²) in [5, 5.41) is 9.42. The smallest absolute Gasteiger partial charge is 0.407 e. The van der Waals surface area contributed by atoms with Gasteiger partial charge in [-0.25, -0.2) is 9.79 Å². The van der Waals surface area contributed by atoms with Crippen LogP contribution in [0.15, 0.2) is 23.2 Å². The van der Waals surface area contributed by atoms with Crippen LogP contribution >= 0.6 is 11.8 Å². The normalized spacial score (nSPS) is 11.4. The first-order chi connectivity index (χ1) is 8.95. The fraction of sp³-hybridized carbons (Fsp3) is 0.385. The fourth-order valence-electron chi connectivity index (χ4n) is 1.58. The summed E-state index contributed by atoms with van der Waals surface area (Å²) in [6.45, 7) is 4.28. The molecule has 0 aromatic heterocycles. The van der Waals surface area contributed by atoms with Gasteiger partial charge in [0.05, 0.1) is 5.69 Å². The van der Waals surface area contributed by atoms with Gasteiger partial charge in [-0.15, -0.1) is 0 Å². The van der Waals surface area contributed by atoms with E-state index in [4.69, 9.17) is 10.8 Å².